The SMILES string of the molecule is CNC(c1ccc(COC)o1)c1c(F)ccc(C)c1F. The highest BCUT2D eigenvalue weighted by atomic mass is 19.1. The number of rotatable bonds is 5. The monoisotopic (exact) mass is 281 g/mol. The summed E-state index contributed by atoms with van der Waals surface area (Å²) in [6, 6.07) is 5.42. The van der Waals surface area contributed by atoms with Gasteiger partial charge in [0.05, 0.1) is 6.04 Å². The molecule has 2 rings (SSSR count). The van der Waals surface area contributed by atoms with Gasteiger partial charge in [-0.1, -0.05) is 6.07 Å². The number of hydrogen-bond donors (Lipinski definition) is 1. The van der Waals surface area contributed by atoms with Gasteiger partial charge in [-0.05, 0) is 37.7 Å². The van der Waals surface area contributed by atoms with Gasteiger partial charge in [-0.2, -0.15) is 0 Å². The van der Waals surface area contributed by atoms with Crippen LogP contribution in [0, 0.1) is 18.6 Å². The van der Waals surface area contributed by atoms with Crippen molar-refractivity contribution in [3.05, 3.63) is 58.5 Å². The molecule has 0 saturated heterocycles. The third-order valence-corrected chi connectivity index (χ3v) is 3.15. The molecule has 1 aromatic heterocycles. The lowest BCUT2D eigenvalue weighted by Crippen LogP contribution is -2.20. The second kappa shape index (κ2) is 6.15. The van der Waals surface area contributed by atoms with Gasteiger partial charge in [-0.15, -0.1) is 0 Å². The van der Waals surface area contributed by atoms with E-state index < -0.39 is 17.7 Å². The van der Waals surface area contributed by atoms with E-state index in [-0.39, 0.29) is 5.56 Å². The highest BCUT2D eigenvalue weighted by Crippen LogP contribution is 2.29. The van der Waals surface area contributed by atoms with Crippen LogP contribution in [0.3, 0.4) is 0 Å². The molecule has 0 bridgehead atoms. The number of methoxy groups -OCH3 is 1. The van der Waals surface area contributed by atoms with Gasteiger partial charge in [0.2, 0.25) is 0 Å². The molecule has 0 spiro atoms. The Bertz CT molecular complexity index is 596. The number of hydrogen-bond acceptors (Lipinski definition) is 3. The number of benzene rings is 1. The second-order valence-corrected chi connectivity index (χ2v) is 4.55. The zero-order chi connectivity index (χ0) is 14.7. The van der Waals surface area contributed by atoms with Gasteiger partial charge >= 0.3 is 0 Å². The quantitative estimate of drug-likeness (QED) is 0.913. The molecule has 1 N–H and O–H groups in total. The Hall–Kier alpha value is -1.72. The molecule has 1 atom stereocenters. The minimum absolute atomic E-state index is 0.0363. The molecular weight excluding hydrogens is 264 g/mol. The smallest absolute Gasteiger partial charge is 0.134 e. The van der Waals surface area contributed by atoms with Crippen LogP contribution in [0.5, 0.6) is 0 Å². The molecule has 0 amide bonds. The average molecular weight is 281 g/mol. The molecule has 0 aliphatic carbocycles. The first-order chi connectivity index (χ1) is 9.58. The van der Waals surface area contributed by atoms with Crippen molar-refractivity contribution in [2.45, 2.75) is 19.6 Å². The van der Waals surface area contributed by atoms with Crippen LogP contribution < -0.4 is 5.32 Å². The molecule has 0 aliphatic rings. The normalized spacial score (nSPS) is 12.7. The fraction of sp³-hybridized carbons (Fsp3) is 0.333. The van der Waals surface area contributed by atoms with Crippen molar-refractivity contribution in [3.8, 4) is 0 Å². The summed E-state index contributed by atoms with van der Waals surface area (Å²) in [5.74, 6) is -0.106. The van der Waals surface area contributed by atoms with E-state index in [0.717, 1.165) is 0 Å². The van der Waals surface area contributed by atoms with Gasteiger partial charge in [-0.3, -0.25) is 0 Å². The Labute approximate surface area is 116 Å². The van der Waals surface area contributed by atoms with Crippen LogP contribution in [0.2, 0.25) is 0 Å². The Morgan fingerprint density at radius 2 is 2.00 bits per heavy atom. The zero-order valence-corrected chi connectivity index (χ0v) is 11.7. The number of aryl methyl sites for hydroxylation is 1. The molecule has 0 saturated carbocycles. The maximum absolute atomic E-state index is 14.2. The summed E-state index contributed by atoms with van der Waals surface area (Å²) < 4.78 is 38.7. The standard InChI is InChI=1S/C15H17F2NO2/c1-9-4-6-11(16)13(14(9)17)15(18-2)12-7-5-10(20-12)8-19-3/h4-7,15,18H,8H2,1-3H3. The fourth-order valence-electron chi connectivity index (χ4n) is 2.14. The summed E-state index contributed by atoms with van der Waals surface area (Å²) in [6.45, 7) is 1.92. The van der Waals surface area contributed by atoms with Crippen LogP contribution >= 0.6 is 0 Å². The van der Waals surface area contributed by atoms with Crippen LogP contribution in [-0.2, 0) is 11.3 Å². The predicted molar refractivity (Wildman–Crippen MR) is 71.4 cm³/mol. The van der Waals surface area contributed by atoms with Gasteiger partial charge < -0.3 is 14.5 Å². The van der Waals surface area contributed by atoms with Crippen LogP contribution in [0.25, 0.3) is 0 Å². The third-order valence-electron chi connectivity index (χ3n) is 3.15. The van der Waals surface area contributed by atoms with Crippen molar-refractivity contribution in [2.24, 2.45) is 0 Å². The predicted octanol–water partition coefficient (Wildman–Crippen LogP) is 3.32. The van der Waals surface area contributed by atoms with Gasteiger partial charge in [0, 0.05) is 12.7 Å². The van der Waals surface area contributed by atoms with Crippen molar-refractivity contribution >= 4 is 0 Å². The molecule has 5 heteroatoms. The summed E-state index contributed by atoms with van der Waals surface area (Å²) in [7, 11) is 3.18. The lowest BCUT2D eigenvalue weighted by atomic mass is 10.0. The van der Waals surface area contributed by atoms with Crippen molar-refractivity contribution in [3.63, 3.8) is 0 Å². The summed E-state index contributed by atoms with van der Waals surface area (Å²) in [6.07, 6.45) is 0. The minimum Gasteiger partial charge on any atom is -0.462 e. The Morgan fingerprint density at radius 3 is 2.65 bits per heavy atom. The topological polar surface area (TPSA) is 34.4 Å². The maximum atomic E-state index is 14.2. The third kappa shape index (κ3) is 2.73. The van der Waals surface area contributed by atoms with Gasteiger partial charge in [0.1, 0.15) is 29.8 Å². The molecule has 1 heterocycles. The molecule has 0 radical (unpaired) electrons. The first-order valence-corrected chi connectivity index (χ1v) is 6.27. The number of nitrogens with one attached hydrogen (secondary N) is 1. The van der Waals surface area contributed by atoms with E-state index >= 15 is 0 Å². The van der Waals surface area contributed by atoms with E-state index in [2.05, 4.69) is 5.32 Å². The second-order valence-electron chi connectivity index (χ2n) is 4.55. The molecule has 108 valence electrons. The minimum atomic E-state index is -0.680. The molecule has 2 aromatic rings. The molecular formula is C15H17F2NO2. The number of ether oxygens (including phenoxy) is 1. The number of furan rings is 1. The van der Waals surface area contributed by atoms with E-state index in [4.69, 9.17) is 9.15 Å². The Morgan fingerprint density at radius 1 is 1.25 bits per heavy atom. The molecule has 3 nitrogen and oxygen atoms in total. The highest BCUT2D eigenvalue weighted by molar-refractivity contribution is 5.33. The van der Waals surface area contributed by atoms with Crippen molar-refractivity contribution in [1.82, 2.24) is 5.32 Å². The van der Waals surface area contributed by atoms with Crippen LogP contribution in [0.15, 0.2) is 28.7 Å². The van der Waals surface area contributed by atoms with Crippen LogP contribution in [-0.4, -0.2) is 14.2 Å². The fourth-order valence-corrected chi connectivity index (χ4v) is 2.14. The van der Waals surface area contributed by atoms with Gasteiger partial charge in [-0.25, -0.2) is 8.78 Å². The largest absolute Gasteiger partial charge is 0.462 e. The number of halogens is 2. The maximum Gasteiger partial charge on any atom is 0.134 e. The Kier molecular flexibility index (Phi) is 4.52. The summed E-state index contributed by atoms with van der Waals surface area (Å²) in [5.41, 5.74) is 0.358. The Balaban J connectivity index is 2.44. The molecule has 0 fully saturated rings. The van der Waals surface area contributed by atoms with E-state index in [1.54, 1.807) is 33.2 Å². The van der Waals surface area contributed by atoms with E-state index in [1.807, 2.05) is 0 Å². The average Bonchev–Trinajstić information content (AvgIpc) is 2.88. The molecule has 0 aliphatic heterocycles. The van der Waals surface area contributed by atoms with Gasteiger partial charge in [0.25, 0.3) is 0 Å². The van der Waals surface area contributed by atoms with Crippen molar-refractivity contribution in [1.29, 1.82) is 0 Å². The highest BCUT2D eigenvalue weighted by Gasteiger charge is 2.24. The van der Waals surface area contributed by atoms with E-state index in [0.29, 0.717) is 23.7 Å². The van der Waals surface area contributed by atoms with Gasteiger partial charge in [0.15, 0.2) is 0 Å². The van der Waals surface area contributed by atoms with Crippen LogP contribution in [0.4, 0.5) is 8.78 Å². The lowest BCUT2D eigenvalue weighted by Gasteiger charge is -2.17. The summed E-state index contributed by atoms with van der Waals surface area (Å²) in [4.78, 5) is 0. The lowest BCUT2D eigenvalue weighted by molar-refractivity contribution is 0.162. The summed E-state index contributed by atoms with van der Waals surface area (Å²) >= 11 is 0. The zero-order valence-electron chi connectivity index (χ0n) is 11.7. The first kappa shape index (κ1) is 14.7. The first-order valence-electron chi connectivity index (χ1n) is 6.27. The van der Waals surface area contributed by atoms with E-state index in [1.165, 1.54) is 12.1 Å². The van der Waals surface area contributed by atoms with Crippen LogP contribution in [0.1, 0.15) is 28.7 Å². The molecule has 1 unspecified atom stereocenters. The molecule has 20 heavy (non-hydrogen) atoms. The van der Waals surface area contributed by atoms with Crippen molar-refractivity contribution in [2.75, 3.05) is 14.2 Å². The summed E-state index contributed by atoms with van der Waals surface area (Å²) in [5, 5.41) is 2.88. The van der Waals surface area contributed by atoms with E-state index in [9.17, 15) is 8.78 Å². The molecule has 1 aromatic carbocycles. The van der Waals surface area contributed by atoms with Crippen molar-refractivity contribution < 1.29 is 17.9 Å².